The summed E-state index contributed by atoms with van der Waals surface area (Å²) in [4.78, 5) is 17.1. The lowest BCUT2D eigenvalue weighted by Crippen LogP contribution is -2.32. The molecule has 0 fully saturated rings. The van der Waals surface area contributed by atoms with Crippen molar-refractivity contribution >= 4 is 16.9 Å². The maximum atomic E-state index is 12.3. The van der Waals surface area contributed by atoms with E-state index in [4.69, 9.17) is 9.72 Å². The topological polar surface area (TPSA) is 56.2 Å². The maximum absolute atomic E-state index is 12.3. The summed E-state index contributed by atoms with van der Waals surface area (Å²) in [6, 6.07) is 16.4. The summed E-state index contributed by atoms with van der Waals surface area (Å²) in [5, 5.41) is 3.08. The highest BCUT2D eigenvalue weighted by Crippen LogP contribution is 2.26. The minimum absolute atomic E-state index is 0.0910. The monoisotopic (exact) mass is 421 g/mol. The highest BCUT2D eigenvalue weighted by molar-refractivity contribution is 5.78. The Bertz CT molecular complexity index is 989. The van der Waals surface area contributed by atoms with E-state index in [1.165, 1.54) is 5.56 Å². The molecule has 0 aliphatic carbocycles. The quantitative estimate of drug-likeness (QED) is 0.455. The van der Waals surface area contributed by atoms with Crippen LogP contribution in [0.25, 0.3) is 11.0 Å². The van der Waals surface area contributed by atoms with Gasteiger partial charge in [0.1, 0.15) is 18.2 Å². The number of aromatic nitrogens is 2. The average Bonchev–Trinajstić information content (AvgIpc) is 3.12. The van der Waals surface area contributed by atoms with Crippen LogP contribution in [0.15, 0.2) is 48.5 Å². The molecule has 166 valence electrons. The van der Waals surface area contributed by atoms with Gasteiger partial charge in [-0.05, 0) is 42.5 Å². The van der Waals surface area contributed by atoms with Crippen molar-refractivity contribution in [3.8, 4) is 5.75 Å². The highest BCUT2D eigenvalue weighted by Gasteiger charge is 2.15. The van der Waals surface area contributed by atoms with E-state index in [0.717, 1.165) is 35.4 Å². The number of hydrogen-bond acceptors (Lipinski definition) is 3. The first-order chi connectivity index (χ1) is 15.0. The molecular formula is C26H35N3O2. The number of ether oxygens (including phenoxy) is 1. The lowest BCUT2D eigenvalue weighted by molar-refractivity contribution is -0.125. The van der Waals surface area contributed by atoms with Gasteiger partial charge in [-0.2, -0.15) is 0 Å². The van der Waals surface area contributed by atoms with Crippen LogP contribution in [0, 0.1) is 5.92 Å². The van der Waals surface area contributed by atoms with Crippen LogP contribution in [0.3, 0.4) is 0 Å². The second-order valence-electron chi connectivity index (χ2n) is 8.26. The molecule has 0 radical (unpaired) electrons. The standard InChI is InChI=1S/C26H35N3O2/c1-5-20(6-2)26(30)27-16-15-25-28-22-12-8-9-13-23(22)29(25)17-18-31-24-14-10-7-11-21(24)19(3)4/h7-14,19-20H,5-6,15-18H2,1-4H3,(H,27,30). The number of nitrogens with one attached hydrogen (secondary N) is 1. The van der Waals surface area contributed by atoms with Gasteiger partial charge >= 0.3 is 0 Å². The summed E-state index contributed by atoms with van der Waals surface area (Å²) in [6.45, 7) is 10.4. The second-order valence-corrected chi connectivity index (χ2v) is 8.26. The van der Waals surface area contributed by atoms with Crippen LogP contribution in [-0.2, 0) is 17.8 Å². The Kier molecular flexibility index (Phi) is 8.10. The number of imidazole rings is 1. The third kappa shape index (κ3) is 5.66. The van der Waals surface area contributed by atoms with Crippen LogP contribution >= 0.6 is 0 Å². The van der Waals surface area contributed by atoms with E-state index in [1.807, 2.05) is 30.3 Å². The SMILES string of the molecule is CCC(CC)C(=O)NCCc1nc2ccccc2n1CCOc1ccccc1C(C)C. The zero-order valence-electron chi connectivity index (χ0n) is 19.2. The Labute approximate surface area is 185 Å². The molecule has 0 saturated heterocycles. The van der Waals surface area contributed by atoms with Gasteiger partial charge in [0.25, 0.3) is 0 Å². The van der Waals surface area contributed by atoms with Gasteiger partial charge in [0.05, 0.1) is 17.6 Å². The van der Waals surface area contributed by atoms with Crippen molar-refractivity contribution < 1.29 is 9.53 Å². The number of fused-ring (bicyclic) bond motifs is 1. The summed E-state index contributed by atoms with van der Waals surface area (Å²) in [5.74, 6) is 2.57. The number of carbonyl (C=O) groups is 1. The predicted molar refractivity (Wildman–Crippen MR) is 127 cm³/mol. The minimum atomic E-state index is 0.0910. The van der Waals surface area contributed by atoms with E-state index in [0.29, 0.717) is 32.0 Å². The van der Waals surface area contributed by atoms with E-state index >= 15 is 0 Å². The highest BCUT2D eigenvalue weighted by atomic mass is 16.5. The molecule has 1 N–H and O–H groups in total. The summed E-state index contributed by atoms with van der Waals surface area (Å²) in [5.41, 5.74) is 3.30. The summed E-state index contributed by atoms with van der Waals surface area (Å²) < 4.78 is 8.38. The largest absolute Gasteiger partial charge is 0.491 e. The number of rotatable bonds is 11. The first-order valence-corrected chi connectivity index (χ1v) is 11.5. The number of nitrogens with zero attached hydrogens (tertiary/aromatic N) is 2. The van der Waals surface area contributed by atoms with Crippen molar-refractivity contribution in [2.45, 2.75) is 59.4 Å². The van der Waals surface area contributed by atoms with E-state index in [1.54, 1.807) is 0 Å². The Hall–Kier alpha value is -2.82. The molecule has 1 amide bonds. The fraction of sp³-hybridized carbons (Fsp3) is 0.462. The number of para-hydroxylation sites is 3. The van der Waals surface area contributed by atoms with E-state index in [9.17, 15) is 4.79 Å². The molecule has 0 aliphatic rings. The fourth-order valence-corrected chi connectivity index (χ4v) is 4.00. The van der Waals surface area contributed by atoms with Crippen LogP contribution < -0.4 is 10.1 Å². The summed E-state index contributed by atoms with van der Waals surface area (Å²) in [6.07, 6.45) is 2.44. The molecule has 5 nitrogen and oxygen atoms in total. The van der Waals surface area contributed by atoms with Crippen molar-refractivity contribution in [3.63, 3.8) is 0 Å². The number of benzene rings is 2. The van der Waals surface area contributed by atoms with Gasteiger partial charge in [-0.1, -0.05) is 58.0 Å². The van der Waals surface area contributed by atoms with Crippen LogP contribution in [0.2, 0.25) is 0 Å². The molecular weight excluding hydrogens is 386 g/mol. The lowest BCUT2D eigenvalue weighted by atomic mass is 10.0. The van der Waals surface area contributed by atoms with Crippen molar-refractivity contribution in [1.82, 2.24) is 14.9 Å². The first-order valence-electron chi connectivity index (χ1n) is 11.5. The third-order valence-electron chi connectivity index (χ3n) is 5.85. The molecule has 0 saturated carbocycles. The number of amides is 1. The zero-order valence-corrected chi connectivity index (χ0v) is 19.2. The Morgan fingerprint density at radius 1 is 1.06 bits per heavy atom. The summed E-state index contributed by atoms with van der Waals surface area (Å²) >= 11 is 0. The molecule has 3 rings (SSSR count). The second kappa shape index (κ2) is 11.0. The third-order valence-corrected chi connectivity index (χ3v) is 5.85. The Balaban J connectivity index is 1.69. The van der Waals surface area contributed by atoms with Crippen molar-refractivity contribution in [1.29, 1.82) is 0 Å². The van der Waals surface area contributed by atoms with E-state index < -0.39 is 0 Å². The smallest absolute Gasteiger partial charge is 0.223 e. The molecule has 0 aliphatic heterocycles. The van der Waals surface area contributed by atoms with Crippen LogP contribution in [-0.4, -0.2) is 28.6 Å². The lowest BCUT2D eigenvalue weighted by Gasteiger charge is -2.16. The van der Waals surface area contributed by atoms with Gasteiger partial charge in [-0.3, -0.25) is 4.79 Å². The molecule has 0 unspecified atom stereocenters. The van der Waals surface area contributed by atoms with Gasteiger partial charge in [-0.15, -0.1) is 0 Å². The minimum Gasteiger partial charge on any atom is -0.491 e. The normalized spacial score (nSPS) is 11.4. The molecule has 5 heteroatoms. The van der Waals surface area contributed by atoms with Crippen LogP contribution in [0.5, 0.6) is 5.75 Å². The first kappa shape index (κ1) is 22.9. The maximum Gasteiger partial charge on any atom is 0.223 e. The molecule has 31 heavy (non-hydrogen) atoms. The van der Waals surface area contributed by atoms with Crippen molar-refractivity contribution in [3.05, 3.63) is 59.9 Å². The Morgan fingerprint density at radius 3 is 2.52 bits per heavy atom. The van der Waals surface area contributed by atoms with Gasteiger partial charge < -0.3 is 14.6 Å². The Morgan fingerprint density at radius 2 is 1.77 bits per heavy atom. The zero-order chi connectivity index (χ0) is 22.2. The van der Waals surface area contributed by atoms with E-state index in [-0.39, 0.29) is 11.8 Å². The fourth-order valence-electron chi connectivity index (χ4n) is 4.00. The van der Waals surface area contributed by atoms with Gasteiger partial charge in [0.2, 0.25) is 5.91 Å². The summed E-state index contributed by atoms with van der Waals surface area (Å²) in [7, 11) is 0. The molecule has 0 bridgehead atoms. The molecule has 2 aromatic carbocycles. The van der Waals surface area contributed by atoms with Gasteiger partial charge in [0.15, 0.2) is 0 Å². The average molecular weight is 422 g/mol. The molecule has 1 heterocycles. The molecule has 3 aromatic rings. The van der Waals surface area contributed by atoms with Crippen LogP contribution in [0.4, 0.5) is 0 Å². The number of carbonyl (C=O) groups excluding carboxylic acids is 1. The number of hydrogen-bond donors (Lipinski definition) is 1. The predicted octanol–water partition coefficient (Wildman–Crippen LogP) is 5.33. The van der Waals surface area contributed by atoms with E-state index in [2.05, 4.69) is 55.8 Å². The van der Waals surface area contributed by atoms with Gasteiger partial charge in [0, 0.05) is 18.9 Å². The van der Waals surface area contributed by atoms with Gasteiger partial charge in [-0.25, -0.2) is 4.98 Å². The van der Waals surface area contributed by atoms with Crippen LogP contribution in [0.1, 0.15) is 57.8 Å². The van der Waals surface area contributed by atoms with Crippen molar-refractivity contribution in [2.24, 2.45) is 5.92 Å². The molecule has 0 atom stereocenters. The molecule has 0 spiro atoms. The van der Waals surface area contributed by atoms with Crippen molar-refractivity contribution in [2.75, 3.05) is 13.2 Å². The molecule has 1 aromatic heterocycles.